The molecule has 0 spiro atoms. The van der Waals surface area contributed by atoms with Crippen LogP contribution >= 0.6 is 39.9 Å². The van der Waals surface area contributed by atoms with Gasteiger partial charge in [0.1, 0.15) is 10.7 Å². The van der Waals surface area contributed by atoms with E-state index in [4.69, 9.17) is 11.6 Å². The second-order valence-corrected chi connectivity index (χ2v) is 7.26. The molecule has 20 heavy (non-hydrogen) atoms. The van der Waals surface area contributed by atoms with Gasteiger partial charge in [-0.1, -0.05) is 11.6 Å². The average molecular weight is 408 g/mol. The summed E-state index contributed by atoms with van der Waals surface area (Å²) in [5.41, 5.74) is 0. The number of hydrogen-bond donors (Lipinski definition) is 2. The standard InChI is InChI=1S/C11H13BrClFN2O2S.ClH/c12-9-5-7(14)6-10(13)11(9)19(17,18)16-8-1-3-15-4-2-8;/h5-6,8,15-16H,1-4H2;1H. The summed E-state index contributed by atoms with van der Waals surface area (Å²) in [4.78, 5) is -0.117. The zero-order chi connectivity index (χ0) is 14.0. The van der Waals surface area contributed by atoms with E-state index in [2.05, 4.69) is 26.0 Å². The molecular formula is C11H14BrCl2FN2O2S. The van der Waals surface area contributed by atoms with Crippen LogP contribution < -0.4 is 10.0 Å². The number of piperidine rings is 1. The van der Waals surface area contributed by atoms with Gasteiger partial charge in [-0.25, -0.2) is 17.5 Å². The van der Waals surface area contributed by atoms with E-state index in [1.54, 1.807) is 0 Å². The maximum Gasteiger partial charge on any atom is 0.243 e. The van der Waals surface area contributed by atoms with Gasteiger partial charge in [0.05, 0.1) is 5.02 Å². The highest BCUT2D eigenvalue weighted by atomic mass is 79.9. The topological polar surface area (TPSA) is 58.2 Å². The number of hydrogen-bond acceptors (Lipinski definition) is 3. The van der Waals surface area contributed by atoms with Gasteiger partial charge < -0.3 is 5.32 Å². The Morgan fingerprint density at radius 3 is 2.50 bits per heavy atom. The highest BCUT2D eigenvalue weighted by molar-refractivity contribution is 9.10. The lowest BCUT2D eigenvalue weighted by Crippen LogP contribution is -2.42. The lowest BCUT2D eigenvalue weighted by molar-refractivity contribution is 0.427. The molecule has 9 heteroatoms. The van der Waals surface area contributed by atoms with Crippen LogP contribution in [0, 0.1) is 5.82 Å². The molecule has 2 rings (SSSR count). The summed E-state index contributed by atoms with van der Waals surface area (Å²) in [7, 11) is -3.76. The maximum atomic E-state index is 13.1. The van der Waals surface area contributed by atoms with E-state index in [-0.39, 0.29) is 32.8 Å². The lowest BCUT2D eigenvalue weighted by atomic mass is 10.1. The molecule has 1 saturated heterocycles. The molecular weight excluding hydrogens is 394 g/mol. The van der Waals surface area contributed by atoms with Crippen molar-refractivity contribution in [3.8, 4) is 0 Å². The van der Waals surface area contributed by atoms with Gasteiger partial charge >= 0.3 is 0 Å². The van der Waals surface area contributed by atoms with E-state index < -0.39 is 15.8 Å². The summed E-state index contributed by atoms with van der Waals surface area (Å²) in [6.07, 6.45) is 1.44. The first-order valence-electron chi connectivity index (χ1n) is 5.78. The second kappa shape index (κ2) is 7.38. The van der Waals surface area contributed by atoms with Crippen molar-refractivity contribution < 1.29 is 12.8 Å². The Morgan fingerprint density at radius 2 is 1.95 bits per heavy atom. The van der Waals surface area contributed by atoms with Crippen LogP contribution in [0.5, 0.6) is 0 Å². The lowest BCUT2D eigenvalue weighted by Gasteiger charge is -2.24. The predicted molar refractivity (Wildman–Crippen MR) is 82.6 cm³/mol. The van der Waals surface area contributed by atoms with Crippen LogP contribution in [0.25, 0.3) is 0 Å². The molecule has 1 aliphatic heterocycles. The normalized spacial score (nSPS) is 16.8. The van der Waals surface area contributed by atoms with Gasteiger partial charge in [-0.2, -0.15) is 0 Å². The summed E-state index contributed by atoms with van der Waals surface area (Å²) >= 11 is 8.88. The van der Waals surface area contributed by atoms with Crippen molar-refractivity contribution in [2.45, 2.75) is 23.8 Å². The molecule has 2 N–H and O–H groups in total. The fourth-order valence-corrected chi connectivity index (χ4v) is 5.12. The van der Waals surface area contributed by atoms with E-state index in [1.807, 2.05) is 0 Å². The second-order valence-electron chi connectivity index (χ2n) is 4.34. The number of rotatable bonds is 3. The van der Waals surface area contributed by atoms with Crippen LogP contribution in [0.4, 0.5) is 4.39 Å². The highest BCUT2D eigenvalue weighted by Crippen LogP contribution is 2.31. The molecule has 1 fully saturated rings. The molecule has 0 bridgehead atoms. The van der Waals surface area contributed by atoms with Crippen LogP contribution in [0.3, 0.4) is 0 Å². The van der Waals surface area contributed by atoms with E-state index >= 15 is 0 Å². The highest BCUT2D eigenvalue weighted by Gasteiger charge is 2.26. The van der Waals surface area contributed by atoms with Crippen molar-refractivity contribution in [1.29, 1.82) is 0 Å². The SMILES string of the molecule is Cl.O=S(=O)(NC1CCNCC1)c1c(Cl)cc(F)cc1Br. The van der Waals surface area contributed by atoms with Gasteiger partial charge in [-0.15, -0.1) is 12.4 Å². The van der Waals surface area contributed by atoms with Gasteiger partial charge in [0.25, 0.3) is 0 Å². The molecule has 0 radical (unpaired) electrons. The van der Waals surface area contributed by atoms with Gasteiger partial charge in [0.2, 0.25) is 10.0 Å². The minimum Gasteiger partial charge on any atom is -0.317 e. The Labute approximate surface area is 137 Å². The van der Waals surface area contributed by atoms with Gasteiger partial charge in [-0.3, -0.25) is 0 Å². The molecule has 1 heterocycles. The molecule has 0 atom stereocenters. The molecule has 0 amide bonds. The van der Waals surface area contributed by atoms with Crippen molar-refractivity contribution >= 4 is 50.0 Å². The first kappa shape index (κ1) is 18.1. The summed E-state index contributed by atoms with van der Waals surface area (Å²) in [6.45, 7) is 1.54. The fourth-order valence-electron chi connectivity index (χ4n) is 2.00. The molecule has 1 aliphatic rings. The third-order valence-electron chi connectivity index (χ3n) is 2.89. The molecule has 1 aromatic carbocycles. The van der Waals surface area contributed by atoms with Crippen LogP contribution in [-0.4, -0.2) is 27.5 Å². The Morgan fingerprint density at radius 1 is 1.35 bits per heavy atom. The van der Waals surface area contributed by atoms with Crippen LogP contribution in [-0.2, 0) is 10.0 Å². The maximum absolute atomic E-state index is 13.1. The predicted octanol–water partition coefficient (Wildman–Crippen LogP) is 2.69. The van der Waals surface area contributed by atoms with E-state index in [9.17, 15) is 12.8 Å². The minimum atomic E-state index is -3.76. The first-order chi connectivity index (χ1) is 8.90. The van der Waals surface area contributed by atoms with Crippen molar-refractivity contribution in [2.75, 3.05) is 13.1 Å². The van der Waals surface area contributed by atoms with Gasteiger partial charge in [0, 0.05) is 10.5 Å². The molecule has 1 aromatic rings. The van der Waals surface area contributed by atoms with Crippen molar-refractivity contribution in [3.63, 3.8) is 0 Å². The number of halogens is 4. The Kier molecular flexibility index (Phi) is 6.69. The van der Waals surface area contributed by atoms with Crippen molar-refractivity contribution in [2.24, 2.45) is 0 Å². The number of benzene rings is 1. The summed E-state index contributed by atoms with van der Waals surface area (Å²) in [5.74, 6) is -0.585. The third kappa shape index (κ3) is 4.29. The zero-order valence-corrected chi connectivity index (χ0v) is 14.3. The van der Waals surface area contributed by atoms with Crippen LogP contribution in [0.15, 0.2) is 21.5 Å². The van der Waals surface area contributed by atoms with Crippen molar-refractivity contribution in [1.82, 2.24) is 10.0 Å². The monoisotopic (exact) mass is 406 g/mol. The molecule has 0 aromatic heterocycles. The number of sulfonamides is 1. The zero-order valence-electron chi connectivity index (χ0n) is 10.3. The van der Waals surface area contributed by atoms with Gasteiger partial charge in [0.15, 0.2) is 0 Å². The Hall–Kier alpha value is 0.0800. The van der Waals surface area contributed by atoms with Crippen molar-refractivity contribution in [3.05, 3.63) is 27.4 Å². The summed E-state index contributed by atoms with van der Waals surface area (Å²) < 4.78 is 40.4. The Balaban J connectivity index is 0.00000200. The molecule has 0 aliphatic carbocycles. The largest absolute Gasteiger partial charge is 0.317 e. The summed E-state index contributed by atoms with van der Waals surface area (Å²) in [5, 5.41) is 3.02. The van der Waals surface area contributed by atoms with Crippen LogP contribution in [0.1, 0.15) is 12.8 Å². The first-order valence-corrected chi connectivity index (χ1v) is 8.43. The molecule has 4 nitrogen and oxygen atoms in total. The van der Waals surface area contributed by atoms with E-state index in [1.165, 1.54) is 0 Å². The van der Waals surface area contributed by atoms with Crippen LogP contribution in [0.2, 0.25) is 5.02 Å². The number of nitrogens with one attached hydrogen (secondary N) is 2. The minimum absolute atomic E-state index is 0. The van der Waals surface area contributed by atoms with Gasteiger partial charge in [-0.05, 0) is 54.0 Å². The molecule has 0 saturated carbocycles. The third-order valence-corrected chi connectivity index (χ3v) is 5.81. The molecule has 114 valence electrons. The smallest absolute Gasteiger partial charge is 0.243 e. The average Bonchev–Trinajstić information content (AvgIpc) is 2.27. The fraction of sp³-hybridized carbons (Fsp3) is 0.455. The van der Waals surface area contributed by atoms with E-state index in [0.29, 0.717) is 0 Å². The van der Waals surface area contributed by atoms with E-state index in [0.717, 1.165) is 38.1 Å². The quantitative estimate of drug-likeness (QED) is 0.809. The molecule has 0 unspecified atom stereocenters. The Bertz CT molecular complexity index is 557. The summed E-state index contributed by atoms with van der Waals surface area (Å²) in [6, 6.07) is 1.95.